The average Bonchev–Trinajstić information content (AvgIpc) is 2.91. The van der Waals surface area contributed by atoms with Crippen LogP contribution in [-0.2, 0) is 11.2 Å². The van der Waals surface area contributed by atoms with Crippen molar-refractivity contribution in [3.05, 3.63) is 67.8 Å². The number of carbonyl (C=O) groups is 1. The van der Waals surface area contributed by atoms with Gasteiger partial charge in [-0.05, 0) is 40.2 Å². The van der Waals surface area contributed by atoms with Crippen LogP contribution in [0.4, 0.5) is 11.4 Å². The number of carbonyl (C=O) groups excluding carboxylic acids is 1. The van der Waals surface area contributed by atoms with Gasteiger partial charge in [-0.3, -0.25) is 14.9 Å². The molecule has 0 fully saturated rings. The number of furan rings is 1. The van der Waals surface area contributed by atoms with Gasteiger partial charge < -0.3 is 9.73 Å². The zero-order chi connectivity index (χ0) is 17.3. The van der Waals surface area contributed by atoms with Crippen LogP contribution in [0.3, 0.4) is 0 Å². The van der Waals surface area contributed by atoms with Crippen molar-refractivity contribution in [3.8, 4) is 0 Å². The van der Waals surface area contributed by atoms with Gasteiger partial charge in [0, 0.05) is 32.6 Å². The number of nitro benzene ring substituents is 1. The summed E-state index contributed by atoms with van der Waals surface area (Å²) in [5.41, 5.74) is 1.76. The molecule has 0 spiro atoms. The molecule has 0 saturated carbocycles. The molecule has 0 atom stereocenters. The van der Waals surface area contributed by atoms with E-state index in [-0.39, 0.29) is 18.0 Å². The maximum Gasteiger partial charge on any atom is 0.270 e. The van der Waals surface area contributed by atoms with E-state index in [0.29, 0.717) is 26.3 Å². The minimum absolute atomic E-state index is 0.0599. The first kappa shape index (κ1) is 16.5. The highest BCUT2D eigenvalue weighted by Gasteiger charge is 2.14. The first-order valence-corrected chi connectivity index (χ1v) is 8.00. The second kappa shape index (κ2) is 6.62. The molecule has 1 amide bonds. The van der Waals surface area contributed by atoms with Crippen molar-refractivity contribution in [3.63, 3.8) is 0 Å². The Kier molecular flexibility index (Phi) is 4.55. The van der Waals surface area contributed by atoms with Gasteiger partial charge in [0.1, 0.15) is 5.58 Å². The fourth-order valence-electron chi connectivity index (χ4n) is 2.28. The number of amides is 1. The monoisotopic (exact) mass is 408 g/mol. The van der Waals surface area contributed by atoms with Crippen LogP contribution in [0.15, 0.2) is 51.6 Å². The number of benzene rings is 2. The van der Waals surface area contributed by atoms with Gasteiger partial charge >= 0.3 is 0 Å². The first-order valence-electron chi connectivity index (χ1n) is 6.83. The van der Waals surface area contributed by atoms with Crippen LogP contribution in [0.25, 0.3) is 11.0 Å². The molecular weight excluding hydrogens is 400 g/mol. The van der Waals surface area contributed by atoms with E-state index in [1.807, 2.05) is 0 Å². The molecule has 0 radical (unpaired) electrons. The summed E-state index contributed by atoms with van der Waals surface area (Å²) in [5, 5.41) is 14.8. The van der Waals surface area contributed by atoms with Gasteiger partial charge in [0.15, 0.2) is 0 Å². The molecule has 8 heteroatoms. The van der Waals surface area contributed by atoms with E-state index >= 15 is 0 Å². The second-order valence-electron chi connectivity index (χ2n) is 5.05. The van der Waals surface area contributed by atoms with Crippen molar-refractivity contribution in [2.45, 2.75) is 6.42 Å². The Morgan fingerprint density at radius 2 is 2.08 bits per heavy atom. The number of anilines is 1. The number of fused-ring (bicyclic) bond motifs is 1. The topological polar surface area (TPSA) is 85.4 Å². The first-order chi connectivity index (χ1) is 11.4. The number of nitrogens with one attached hydrogen (secondary N) is 1. The van der Waals surface area contributed by atoms with Crippen molar-refractivity contribution in [1.29, 1.82) is 0 Å². The van der Waals surface area contributed by atoms with E-state index in [1.54, 1.807) is 18.2 Å². The normalized spacial score (nSPS) is 10.8. The molecule has 1 aromatic heterocycles. The van der Waals surface area contributed by atoms with Crippen LogP contribution in [-0.4, -0.2) is 10.8 Å². The van der Waals surface area contributed by atoms with Crippen molar-refractivity contribution < 1.29 is 14.1 Å². The number of hydrogen-bond donors (Lipinski definition) is 1. The molecule has 2 aromatic carbocycles. The maximum atomic E-state index is 12.2. The Morgan fingerprint density at radius 3 is 2.79 bits per heavy atom. The maximum absolute atomic E-state index is 12.2. The minimum Gasteiger partial charge on any atom is -0.464 e. The van der Waals surface area contributed by atoms with Crippen LogP contribution in [0.1, 0.15) is 5.56 Å². The van der Waals surface area contributed by atoms with Crippen LogP contribution in [0.2, 0.25) is 5.02 Å². The van der Waals surface area contributed by atoms with Gasteiger partial charge in [-0.2, -0.15) is 0 Å². The van der Waals surface area contributed by atoms with E-state index in [1.165, 1.54) is 24.5 Å². The van der Waals surface area contributed by atoms with E-state index < -0.39 is 4.92 Å². The predicted octanol–water partition coefficient (Wildman–Crippen LogP) is 4.94. The molecule has 0 saturated heterocycles. The molecular formula is C16H10BrClN2O4. The largest absolute Gasteiger partial charge is 0.464 e. The third-order valence-electron chi connectivity index (χ3n) is 3.40. The molecule has 1 N–H and O–H groups in total. The summed E-state index contributed by atoms with van der Waals surface area (Å²) in [6.07, 6.45) is 1.61. The van der Waals surface area contributed by atoms with Crippen molar-refractivity contribution in [1.82, 2.24) is 0 Å². The summed E-state index contributed by atoms with van der Waals surface area (Å²) in [6.45, 7) is 0. The number of halogens is 2. The van der Waals surface area contributed by atoms with E-state index in [2.05, 4.69) is 21.2 Å². The lowest BCUT2D eigenvalue weighted by Gasteiger charge is -2.07. The summed E-state index contributed by atoms with van der Waals surface area (Å²) in [5.74, 6) is -0.271. The molecule has 3 rings (SSSR count). The Labute approximate surface area is 149 Å². The number of nitro groups is 1. The van der Waals surface area contributed by atoms with Crippen LogP contribution in [0.5, 0.6) is 0 Å². The van der Waals surface area contributed by atoms with Crippen molar-refractivity contribution in [2.24, 2.45) is 0 Å². The minimum atomic E-state index is -0.502. The number of nitrogens with zero attached hydrogens (tertiary/aromatic N) is 1. The summed E-state index contributed by atoms with van der Waals surface area (Å²) in [6, 6.07) is 9.34. The molecule has 0 bridgehead atoms. The highest BCUT2D eigenvalue weighted by Crippen LogP contribution is 2.28. The predicted molar refractivity (Wildman–Crippen MR) is 94.4 cm³/mol. The van der Waals surface area contributed by atoms with Gasteiger partial charge in [-0.15, -0.1) is 0 Å². The summed E-state index contributed by atoms with van der Waals surface area (Å²) >= 11 is 9.19. The van der Waals surface area contributed by atoms with Crippen molar-refractivity contribution in [2.75, 3.05) is 5.32 Å². The lowest BCUT2D eigenvalue weighted by atomic mass is 10.1. The second-order valence-corrected chi connectivity index (χ2v) is 6.34. The molecule has 24 heavy (non-hydrogen) atoms. The number of non-ortho nitro benzene ring substituents is 1. The third kappa shape index (κ3) is 3.42. The molecule has 6 nitrogen and oxygen atoms in total. The quantitative estimate of drug-likeness (QED) is 0.488. The lowest BCUT2D eigenvalue weighted by molar-refractivity contribution is -0.384. The van der Waals surface area contributed by atoms with Crippen LogP contribution in [0, 0.1) is 10.1 Å². The van der Waals surface area contributed by atoms with Crippen molar-refractivity contribution >= 4 is 55.8 Å². The van der Waals surface area contributed by atoms with Gasteiger partial charge in [-0.25, -0.2) is 0 Å². The molecule has 0 aliphatic heterocycles. The Hall–Kier alpha value is -2.38. The van der Waals surface area contributed by atoms with Gasteiger partial charge in [0.25, 0.3) is 5.69 Å². The zero-order valence-electron chi connectivity index (χ0n) is 12.1. The van der Waals surface area contributed by atoms with E-state index in [9.17, 15) is 14.9 Å². The number of rotatable bonds is 4. The molecule has 0 unspecified atom stereocenters. The lowest BCUT2D eigenvalue weighted by Crippen LogP contribution is -2.14. The van der Waals surface area contributed by atoms with Crippen LogP contribution < -0.4 is 5.32 Å². The SMILES string of the molecule is O=C(Cc1coc2ccc(Cl)cc12)Nc1ccc([N+](=O)[O-])cc1Br. The molecule has 1 heterocycles. The molecule has 3 aromatic rings. The molecule has 122 valence electrons. The van der Waals surface area contributed by atoms with E-state index in [0.717, 1.165) is 5.39 Å². The van der Waals surface area contributed by atoms with Gasteiger partial charge in [-0.1, -0.05) is 11.6 Å². The smallest absolute Gasteiger partial charge is 0.270 e. The standard InChI is InChI=1S/C16H10BrClN2O4/c17-13-7-11(20(22)23)2-3-14(13)19-16(21)5-9-8-24-15-4-1-10(18)6-12(9)15/h1-4,6-8H,5H2,(H,19,21). The highest BCUT2D eigenvalue weighted by molar-refractivity contribution is 9.10. The Morgan fingerprint density at radius 1 is 1.29 bits per heavy atom. The summed E-state index contributed by atoms with van der Waals surface area (Å²) in [4.78, 5) is 22.5. The third-order valence-corrected chi connectivity index (χ3v) is 4.30. The van der Waals surface area contributed by atoms with Gasteiger partial charge in [0.2, 0.25) is 5.91 Å². The Balaban J connectivity index is 1.78. The summed E-state index contributed by atoms with van der Waals surface area (Å²) in [7, 11) is 0. The highest BCUT2D eigenvalue weighted by atomic mass is 79.9. The molecule has 0 aliphatic rings. The fraction of sp³-hybridized carbons (Fsp3) is 0.0625. The fourth-order valence-corrected chi connectivity index (χ4v) is 2.92. The summed E-state index contributed by atoms with van der Waals surface area (Å²) < 4.78 is 5.83. The van der Waals surface area contributed by atoms with E-state index in [4.69, 9.17) is 16.0 Å². The zero-order valence-corrected chi connectivity index (χ0v) is 14.4. The van der Waals surface area contributed by atoms with Gasteiger partial charge in [0.05, 0.1) is 23.3 Å². The Bertz CT molecular complexity index is 954. The number of hydrogen-bond acceptors (Lipinski definition) is 4. The average molecular weight is 410 g/mol. The molecule has 0 aliphatic carbocycles. The van der Waals surface area contributed by atoms with Crippen LogP contribution >= 0.6 is 27.5 Å².